The van der Waals surface area contributed by atoms with E-state index in [2.05, 4.69) is 51.2 Å². The molecule has 0 bridgehead atoms. The fourth-order valence-corrected chi connectivity index (χ4v) is 5.00. The molecule has 0 spiro atoms. The van der Waals surface area contributed by atoms with Gasteiger partial charge in [-0.1, -0.05) is 18.7 Å². The number of nitrogens with one attached hydrogen (secondary N) is 2. The summed E-state index contributed by atoms with van der Waals surface area (Å²) in [6, 6.07) is 11.7. The van der Waals surface area contributed by atoms with Crippen LogP contribution in [0.15, 0.2) is 49.2 Å². The first-order valence-electron chi connectivity index (χ1n) is 12.7. The highest BCUT2D eigenvalue weighted by molar-refractivity contribution is 7.92. The van der Waals surface area contributed by atoms with Gasteiger partial charge in [0, 0.05) is 56.4 Å². The number of nitrogens with zero attached hydrogens (tertiary/aromatic N) is 5. The topological polar surface area (TPSA) is 112 Å². The van der Waals surface area contributed by atoms with Gasteiger partial charge in [0.05, 0.1) is 11.9 Å². The van der Waals surface area contributed by atoms with E-state index < -0.39 is 10.0 Å². The molecule has 0 atom stereocenters. The second-order valence-corrected chi connectivity index (χ2v) is 11.5. The number of ether oxygens (including phenoxy) is 2. The highest BCUT2D eigenvalue weighted by Gasteiger charge is 2.27. The molecule has 0 saturated carbocycles. The van der Waals surface area contributed by atoms with Gasteiger partial charge in [-0.25, -0.2) is 13.4 Å². The highest BCUT2D eigenvalue weighted by atomic mass is 32.2. The fraction of sp³-hybridized carbons (Fsp3) is 0.333. The van der Waals surface area contributed by atoms with Crippen LogP contribution in [0.3, 0.4) is 0 Å². The molecule has 2 N–H and O–H groups in total. The molecule has 11 nitrogen and oxygen atoms in total. The first-order valence-corrected chi connectivity index (χ1v) is 14.5. The Bertz CT molecular complexity index is 1470. The van der Waals surface area contributed by atoms with Gasteiger partial charge in [0.25, 0.3) is 0 Å². The van der Waals surface area contributed by atoms with Crippen LogP contribution in [-0.2, 0) is 10.0 Å². The van der Waals surface area contributed by atoms with Crippen molar-refractivity contribution in [3.05, 3.63) is 54.7 Å². The Kier molecular flexibility index (Phi) is 7.49. The Hall–Kier alpha value is -4.03. The molecule has 5 rings (SSSR count). The van der Waals surface area contributed by atoms with Crippen LogP contribution < -0.4 is 29.3 Å². The average molecular weight is 552 g/mol. The molecule has 3 aromatic rings. The van der Waals surface area contributed by atoms with E-state index in [4.69, 9.17) is 14.5 Å². The molecule has 2 aliphatic rings. The normalized spacial score (nSPS) is 15.5. The maximum Gasteiger partial charge on any atom is 0.232 e. The van der Waals surface area contributed by atoms with Crippen LogP contribution >= 0.6 is 0 Å². The molecule has 3 heterocycles. The molecule has 0 radical (unpaired) electrons. The van der Waals surface area contributed by atoms with Crippen molar-refractivity contribution in [2.24, 2.45) is 0 Å². The zero-order chi connectivity index (χ0) is 27.6. The lowest BCUT2D eigenvalue weighted by atomic mass is 10.2. The van der Waals surface area contributed by atoms with Gasteiger partial charge in [0.15, 0.2) is 11.5 Å². The number of sulfonamides is 1. The largest absolute Gasteiger partial charge is 0.486 e. The van der Waals surface area contributed by atoms with E-state index in [-0.39, 0.29) is 0 Å². The SMILES string of the molecule is C=Cc1cnc(Nc2cccc(N3CCN(C)CC3)c2)nc1Nc1ccc2c(c1N(C)S(C)(=O)=O)OCCO2. The highest BCUT2D eigenvalue weighted by Crippen LogP contribution is 2.46. The van der Waals surface area contributed by atoms with Gasteiger partial charge in [0.2, 0.25) is 16.0 Å². The van der Waals surface area contributed by atoms with E-state index >= 15 is 0 Å². The Morgan fingerprint density at radius 3 is 2.59 bits per heavy atom. The molecule has 39 heavy (non-hydrogen) atoms. The maximum atomic E-state index is 12.5. The van der Waals surface area contributed by atoms with Crippen LogP contribution in [0.25, 0.3) is 6.08 Å². The van der Waals surface area contributed by atoms with Crippen LogP contribution in [0.5, 0.6) is 11.5 Å². The van der Waals surface area contributed by atoms with Crippen molar-refractivity contribution < 1.29 is 17.9 Å². The number of fused-ring (bicyclic) bond motifs is 1. The molecule has 0 amide bonds. The van der Waals surface area contributed by atoms with Crippen molar-refractivity contribution in [3.63, 3.8) is 0 Å². The molecule has 1 saturated heterocycles. The molecule has 1 fully saturated rings. The standard InChI is InChI=1S/C27H33N7O4S/c1-5-19-18-28-27(29-20-7-6-8-21(17-20)34-13-11-32(2)12-14-34)31-26(19)30-22-9-10-23-25(38-16-15-37-23)24(22)33(3)39(4,35)36/h5-10,17-18H,1,11-16H2,2-4H3,(H2,28,29,30,31). The predicted octanol–water partition coefficient (Wildman–Crippen LogP) is 3.53. The summed E-state index contributed by atoms with van der Waals surface area (Å²) in [5, 5.41) is 6.57. The molecule has 1 aromatic heterocycles. The van der Waals surface area contributed by atoms with E-state index in [9.17, 15) is 8.42 Å². The summed E-state index contributed by atoms with van der Waals surface area (Å²) in [6.45, 7) is 8.57. The van der Waals surface area contributed by atoms with E-state index in [0.29, 0.717) is 53.4 Å². The van der Waals surface area contributed by atoms with Gasteiger partial charge in [-0.15, -0.1) is 0 Å². The third-order valence-corrected chi connectivity index (χ3v) is 7.93. The van der Waals surface area contributed by atoms with Crippen molar-refractivity contribution in [1.82, 2.24) is 14.9 Å². The monoisotopic (exact) mass is 551 g/mol. The zero-order valence-electron chi connectivity index (χ0n) is 22.3. The quantitative estimate of drug-likeness (QED) is 0.431. The smallest absolute Gasteiger partial charge is 0.232 e. The summed E-state index contributed by atoms with van der Waals surface area (Å²) in [5.74, 6) is 1.67. The van der Waals surface area contributed by atoms with E-state index in [1.807, 2.05) is 12.1 Å². The molecule has 0 unspecified atom stereocenters. The summed E-state index contributed by atoms with van der Waals surface area (Å²) in [6.07, 6.45) is 4.43. The zero-order valence-corrected chi connectivity index (χ0v) is 23.2. The number of hydrogen-bond donors (Lipinski definition) is 2. The number of aromatic nitrogens is 2. The van der Waals surface area contributed by atoms with Crippen molar-refractivity contribution in [2.45, 2.75) is 0 Å². The Morgan fingerprint density at radius 2 is 1.85 bits per heavy atom. The molecule has 206 valence electrons. The molecular formula is C27H33N7O4S. The van der Waals surface area contributed by atoms with Crippen molar-refractivity contribution in [1.29, 1.82) is 0 Å². The van der Waals surface area contributed by atoms with Gasteiger partial charge >= 0.3 is 0 Å². The third-order valence-electron chi connectivity index (χ3n) is 6.76. The van der Waals surface area contributed by atoms with Crippen molar-refractivity contribution in [2.75, 3.05) is 79.6 Å². The predicted molar refractivity (Wildman–Crippen MR) is 156 cm³/mol. The lowest BCUT2D eigenvalue weighted by molar-refractivity contribution is 0.172. The molecular weight excluding hydrogens is 518 g/mol. The van der Waals surface area contributed by atoms with Gasteiger partial charge in [-0.3, -0.25) is 4.31 Å². The van der Waals surface area contributed by atoms with Crippen LogP contribution in [0, 0.1) is 0 Å². The number of rotatable bonds is 8. The number of anilines is 6. The Balaban J connectivity index is 1.45. The molecule has 0 aliphatic carbocycles. The molecule has 12 heteroatoms. The lowest BCUT2D eigenvalue weighted by Gasteiger charge is -2.34. The van der Waals surface area contributed by atoms with Crippen molar-refractivity contribution in [3.8, 4) is 11.5 Å². The second kappa shape index (κ2) is 11.0. The maximum absolute atomic E-state index is 12.5. The van der Waals surface area contributed by atoms with Gasteiger partial charge in [-0.05, 0) is 37.4 Å². The minimum absolute atomic E-state index is 0.313. The van der Waals surface area contributed by atoms with Gasteiger partial charge in [0.1, 0.15) is 24.7 Å². The number of likely N-dealkylation sites (N-methyl/N-ethyl adjacent to an activating group) is 1. The molecule has 2 aliphatic heterocycles. The first-order chi connectivity index (χ1) is 18.7. The van der Waals surface area contributed by atoms with Gasteiger partial charge in [-0.2, -0.15) is 4.98 Å². The first kappa shape index (κ1) is 26.6. The van der Waals surface area contributed by atoms with Crippen molar-refractivity contribution >= 4 is 50.6 Å². The summed E-state index contributed by atoms with van der Waals surface area (Å²) in [7, 11) is 0.0129. The number of hydrogen-bond acceptors (Lipinski definition) is 10. The molecule has 2 aromatic carbocycles. The van der Waals surface area contributed by atoms with E-state index in [1.54, 1.807) is 24.4 Å². The van der Waals surface area contributed by atoms with Crippen LogP contribution in [0.1, 0.15) is 5.56 Å². The Morgan fingerprint density at radius 1 is 1.08 bits per heavy atom. The number of benzene rings is 2. The van der Waals surface area contributed by atoms with Gasteiger partial charge < -0.3 is 29.9 Å². The van der Waals surface area contributed by atoms with E-state index in [1.165, 1.54) is 11.4 Å². The lowest BCUT2D eigenvalue weighted by Crippen LogP contribution is -2.44. The van der Waals surface area contributed by atoms with E-state index in [0.717, 1.165) is 43.8 Å². The third kappa shape index (κ3) is 5.86. The minimum Gasteiger partial charge on any atom is -0.486 e. The second-order valence-electron chi connectivity index (χ2n) is 9.51. The summed E-state index contributed by atoms with van der Waals surface area (Å²) >= 11 is 0. The minimum atomic E-state index is -3.60. The van der Waals surface area contributed by atoms with Crippen LogP contribution in [0.2, 0.25) is 0 Å². The number of piperazine rings is 1. The Labute approximate surface area is 229 Å². The fourth-order valence-electron chi connectivity index (χ4n) is 4.48. The summed E-state index contributed by atoms with van der Waals surface area (Å²) in [4.78, 5) is 13.8. The summed E-state index contributed by atoms with van der Waals surface area (Å²) in [5.41, 5.74) is 3.46. The van der Waals surface area contributed by atoms with Crippen LogP contribution in [-0.4, -0.2) is 83.0 Å². The summed E-state index contributed by atoms with van der Waals surface area (Å²) < 4.78 is 37.7. The van der Waals surface area contributed by atoms with Crippen LogP contribution in [0.4, 0.5) is 34.5 Å². The average Bonchev–Trinajstić information content (AvgIpc) is 2.93.